The molecule has 0 spiro atoms. The van der Waals surface area contributed by atoms with E-state index in [1.807, 2.05) is 12.1 Å². The molecule has 1 atom stereocenters. The van der Waals surface area contributed by atoms with Gasteiger partial charge in [0.1, 0.15) is 5.83 Å². The zero-order valence-electron chi connectivity index (χ0n) is 13.6. The van der Waals surface area contributed by atoms with E-state index in [9.17, 15) is 9.18 Å². The third-order valence-electron chi connectivity index (χ3n) is 4.35. The monoisotopic (exact) mass is 359 g/mol. The van der Waals surface area contributed by atoms with Gasteiger partial charge in [-0.3, -0.25) is 9.78 Å². The predicted molar refractivity (Wildman–Crippen MR) is 94.6 cm³/mol. The van der Waals surface area contributed by atoms with Gasteiger partial charge in [-0.2, -0.15) is 0 Å². The summed E-state index contributed by atoms with van der Waals surface area (Å²) in [6.45, 7) is 1.48. The first-order valence-corrected chi connectivity index (χ1v) is 8.29. The van der Waals surface area contributed by atoms with Gasteiger partial charge >= 0.3 is 0 Å². The third-order valence-corrected chi connectivity index (χ3v) is 4.59. The molecule has 1 aromatic heterocycles. The molecule has 1 aliphatic carbocycles. The van der Waals surface area contributed by atoms with Crippen molar-refractivity contribution < 1.29 is 13.6 Å². The van der Waals surface area contributed by atoms with Crippen molar-refractivity contribution in [1.29, 1.82) is 0 Å². The van der Waals surface area contributed by atoms with Gasteiger partial charge in [-0.05, 0) is 60.7 Å². The molecule has 2 nitrogen and oxygen atoms in total. The SMILES string of the molecule is CC1=C(CCc2cccc(Cl)c2)C(F)=C(c2ccncc2)C(F)C1=O. The highest BCUT2D eigenvalue weighted by atomic mass is 35.5. The van der Waals surface area contributed by atoms with Gasteiger partial charge in [0.15, 0.2) is 12.0 Å². The van der Waals surface area contributed by atoms with Crippen LogP contribution in [0.3, 0.4) is 0 Å². The number of carbonyl (C=O) groups excluding carboxylic acids is 1. The molecule has 2 aromatic rings. The van der Waals surface area contributed by atoms with Crippen LogP contribution in [0, 0.1) is 0 Å². The quantitative estimate of drug-likeness (QED) is 0.742. The first-order valence-electron chi connectivity index (χ1n) is 7.92. The molecule has 1 aromatic carbocycles. The molecule has 0 bridgehead atoms. The van der Waals surface area contributed by atoms with Crippen LogP contribution in [-0.2, 0) is 11.2 Å². The number of aryl methyl sites for hydroxylation is 1. The van der Waals surface area contributed by atoms with E-state index >= 15 is 4.39 Å². The average molecular weight is 360 g/mol. The number of alkyl halides is 1. The number of benzene rings is 1. The average Bonchev–Trinajstić information content (AvgIpc) is 2.61. The van der Waals surface area contributed by atoms with Crippen LogP contribution < -0.4 is 0 Å². The molecule has 1 aliphatic rings. The molecular formula is C20H16ClF2NO. The van der Waals surface area contributed by atoms with E-state index in [4.69, 9.17) is 11.6 Å². The highest BCUT2D eigenvalue weighted by Gasteiger charge is 2.35. The first kappa shape index (κ1) is 17.5. The minimum Gasteiger partial charge on any atom is -0.291 e. The standard InChI is InChI=1S/C20H16ClF2NO/c1-12-16(6-5-13-3-2-4-15(21)11-13)18(22)17(19(23)20(12)25)14-7-9-24-10-8-14/h2-4,7-11,19H,5-6H2,1H3. The van der Waals surface area contributed by atoms with E-state index < -0.39 is 17.8 Å². The molecule has 1 unspecified atom stereocenters. The Kier molecular flexibility index (Phi) is 5.09. The summed E-state index contributed by atoms with van der Waals surface area (Å²) in [4.78, 5) is 16.1. The van der Waals surface area contributed by atoms with Crippen LogP contribution in [0.25, 0.3) is 5.57 Å². The van der Waals surface area contributed by atoms with Crippen LogP contribution in [-0.4, -0.2) is 16.9 Å². The first-order chi connectivity index (χ1) is 12.0. The second-order valence-electron chi connectivity index (χ2n) is 5.92. The van der Waals surface area contributed by atoms with Crippen LogP contribution in [0.15, 0.2) is 65.8 Å². The summed E-state index contributed by atoms with van der Waals surface area (Å²) in [7, 11) is 0. The molecule has 25 heavy (non-hydrogen) atoms. The Morgan fingerprint density at radius 3 is 2.56 bits per heavy atom. The maximum atomic E-state index is 15.0. The number of pyridine rings is 1. The Labute approximate surface area is 149 Å². The van der Waals surface area contributed by atoms with E-state index in [-0.39, 0.29) is 16.7 Å². The van der Waals surface area contributed by atoms with Crippen LogP contribution in [0.5, 0.6) is 0 Å². The van der Waals surface area contributed by atoms with Crippen LogP contribution in [0.1, 0.15) is 24.5 Å². The van der Waals surface area contributed by atoms with Gasteiger partial charge in [0.2, 0.25) is 0 Å². The molecule has 0 saturated heterocycles. The Bertz CT molecular complexity index is 874. The van der Waals surface area contributed by atoms with Crippen molar-refractivity contribution in [3.63, 3.8) is 0 Å². The van der Waals surface area contributed by atoms with Crippen molar-refractivity contribution in [1.82, 2.24) is 4.98 Å². The Morgan fingerprint density at radius 1 is 1.16 bits per heavy atom. The number of halogens is 3. The summed E-state index contributed by atoms with van der Waals surface area (Å²) in [6, 6.07) is 10.3. The molecular weight excluding hydrogens is 344 g/mol. The second kappa shape index (κ2) is 7.28. The zero-order valence-corrected chi connectivity index (χ0v) is 14.4. The lowest BCUT2D eigenvalue weighted by atomic mass is 9.84. The molecule has 0 saturated carbocycles. The van der Waals surface area contributed by atoms with E-state index in [0.29, 0.717) is 23.4 Å². The number of carbonyl (C=O) groups is 1. The normalized spacial score (nSPS) is 18.1. The number of hydrogen-bond acceptors (Lipinski definition) is 2. The molecule has 0 N–H and O–H groups in total. The second-order valence-corrected chi connectivity index (χ2v) is 6.36. The molecule has 0 aliphatic heterocycles. The molecule has 0 amide bonds. The number of rotatable bonds is 4. The van der Waals surface area contributed by atoms with E-state index in [1.165, 1.54) is 31.5 Å². The zero-order chi connectivity index (χ0) is 18.0. The largest absolute Gasteiger partial charge is 0.291 e. The molecule has 1 heterocycles. The number of ketones is 1. The maximum Gasteiger partial charge on any atom is 0.197 e. The minimum absolute atomic E-state index is 0.143. The van der Waals surface area contributed by atoms with Crippen molar-refractivity contribution in [2.24, 2.45) is 0 Å². The van der Waals surface area contributed by atoms with Crippen molar-refractivity contribution in [2.75, 3.05) is 0 Å². The summed E-state index contributed by atoms with van der Waals surface area (Å²) < 4.78 is 29.5. The smallest absolute Gasteiger partial charge is 0.197 e. The van der Waals surface area contributed by atoms with Gasteiger partial charge in [0, 0.05) is 28.6 Å². The van der Waals surface area contributed by atoms with Crippen LogP contribution in [0.4, 0.5) is 8.78 Å². The van der Waals surface area contributed by atoms with Crippen molar-refractivity contribution >= 4 is 23.0 Å². The van der Waals surface area contributed by atoms with E-state index in [0.717, 1.165) is 5.56 Å². The van der Waals surface area contributed by atoms with Gasteiger partial charge in [-0.1, -0.05) is 23.7 Å². The molecule has 0 fully saturated rings. The topological polar surface area (TPSA) is 30.0 Å². The maximum absolute atomic E-state index is 15.0. The molecule has 3 rings (SSSR count). The molecule has 128 valence electrons. The summed E-state index contributed by atoms with van der Waals surface area (Å²) in [5, 5.41) is 0.597. The predicted octanol–water partition coefficient (Wildman–Crippen LogP) is 5.29. The number of hydrogen-bond donors (Lipinski definition) is 0. The summed E-state index contributed by atoms with van der Waals surface area (Å²) in [5.74, 6) is -1.34. The van der Waals surface area contributed by atoms with Crippen molar-refractivity contribution in [3.8, 4) is 0 Å². The van der Waals surface area contributed by atoms with Crippen LogP contribution in [0.2, 0.25) is 5.02 Å². The van der Waals surface area contributed by atoms with Gasteiger partial charge < -0.3 is 0 Å². The third kappa shape index (κ3) is 3.54. The molecule has 0 radical (unpaired) electrons. The summed E-state index contributed by atoms with van der Waals surface area (Å²) in [5.41, 5.74) is 1.46. The fraction of sp³-hybridized carbons (Fsp3) is 0.200. The Morgan fingerprint density at radius 2 is 1.88 bits per heavy atom. The van der Waals surface area contributed by atoms with Gasteiger partial charge in [-0.15, -0.1) is 0 Å². The van der Waals surface area contributed by atoms with E-state index in [2.05, 4.69) is 4.98 Å². The summed E-state index contributed by atoms with van der Waals surface area (Å²) in [6.07, 6.45) is 1.71. The van der Waals surface area contributed by atoms with Crippen molar-refractivity contribution in [3.05, 3.63) is 81.9 Å². The van der Waals surface area contributed by atoms with E-state index in [1.54, 1.807) is 12.1 Å². The Balaban J connectivity index is 1.96. The van der Waals surface area contributed by atoms with Gasteiger partial charge in [0.05, 0.1) is 0 Å². The highest BCUT2D eigenvalue weighted by molar-refractivity contribution is 6.30. The van der Waals surface area contributed by atoms with Crippen molar-refractivity contribution in [2.45, 2.75) is 25.9 Å². The number of nitrogens with zero attached hydrogens (tertiary/aromatic N) is 1. The minimum atomic E-state index is -1.99. The fourth-order valence-corrected chi connectivity index (χ4v) is 3.18. The van der Waals surface area contributed by atoms with Gasteiger partial charge in [0.25, 0.3) is 0 Å². The van der Waals surface area contributed by atoms with Crippen LogP contribution >= 0.6 is 11.6 Å². The molecule has 5 heteroatoms. The lowest BCUT2D eigenvalue weighted by molar-refractivity contribution is -0.118. The number of allylic oxidation sites excluding steroid dienone is 4. The fourth-order valence-electron chi connectivity index (χ4n) is 2.97. The highest BCUT2D eigenvalue weighted by Crippen LogP contribution is 2.38. The summed E-state index contributed by atoms with van der Waals surface area (Å²) >= 11 is 5.96. The number of aromatic nitrogens is 1. The Hall–Kier alpha value is -2.33. The lowest BCUT2D eigenvalue weighted by Gasteiger charge is -2.23. The lowest BCUT2D eigenvalue weighted by Crippen LogP contribution is -2.25. The number of Topliss-reactive ketones (excluding diaryl/α,β-unsaturated/α-hetero) is 1. The van der Waals surface area contributed by atoms with Gasteiger partial charge in [-0.25, -0.2) is 8.78 Å².